The number of nitrogens with two attached hydrogens (primary N) is 2. The largest absolute Gasteiger partial charge is 0.481 e. The van der Waals surface area contributed by atoms with Crippen LogP contribution in [0.2, 0.25) is 0 Å². The van der Waals surface area contributed by atoms with Crippen molar-refractivity contribution < 1.29 is 39.6 Å². The highest BCUT2D eigenvalue weighted by Crippen LogP contribution is 2.04. The number of carbonyl (C=O) groups is 4. The number of carboxylic acid groups (broad SMARTS) is 4. The third-order valence-corrected chi connectivity index (χ3v) is 2.33. The molecule has 10 heteroatoms. The second kappa shape index (κ2) is 10.6. The van der Waals surface area contributed by atoms with Crippen LogP contribution in [0.4, 0.5) is 0 Å². The molecule has 0 spiro atoms. The molecule has 10 nitrogen and oxygen atoms in total. The van der Waals surface area contributed by atoms with Crippen molar-refractivity contribution in [3.05, 3.63) is 0 Å². The molecule has 8 N–H and O–H groups in total. The van der Waals surface area contributed by atoms with E-state index in [9.17, 15) is 19.2 Å². The van der Waals surface area contributed by atoms with Gasteiger partial charge in [-0.05, 0) is 12.8 Å². The standard InChI is InChI=1S/C6H11NO4.C5H9NO4/c1-3(5(8)9)2-4(7)6(10)11;6-3(5(9)10)1-2-4(7)8/h3-4H,2,7H2,1H3,(H,8,9)(H,10,11);3H,1-2,6H2,(H,7,8)(H,9,10)/t3?,4-;3-/m00/s1. The number of hydrogen-bond acceptors (Lipinski definition) is 6. The lowest BCUT2D eigenvalue weighted by atomic mass is 10.0. The molecule has 0 rings (SSSR count). The van der Waals surface area contributed by atoms with Crippen LogP contribution in [0.1, 0.15) is 26.2 Å². The molecule has 0 aromatic heterocycles. The maximum absolute atomic E-state index is 10.2. The van der Waals surface area contributed by atoms with E-state index in [1.807, 2.05) is 0 Å². The van der Waals surface area contributed by atoms with Crippen LogP contribution in [-0.2, 0) is 19.2 Å². The Balaban J connectivity index is 0. The van der Waals surface area contributed by atoms with Crippen LogP contribution in [0.15, 0.2) is 0 Å². The summed E-state index contributed by atoms with van der Waals surface area (Å²) < 4.78 is 0. The van der Waals surface area contributed by atoms with Crippen LogP contribution in [0, 0.1) is 5.92 Å². The minimum atomic E-state index is -1.17. The van der Waals surface area contributed by atoms with Gasteiger partial charge in [0.2, 0.25) is 0 Å². The van der Waals surface area contributed by atoms with E-state index in [1.54, 1.807) is 0 Å². The van der Waals surface area contributed by atoms with Gasteiger partial charge in [-0.1, -0.05) is 6.92 Å². The fourth-order valence-corrected chi connectivity index (χ4v) is 0.985. The quantitative estimate of drug-likeness (QED) is 0.315. The highest BCUT2D eigenvalue weighted by Gasteiger charge is 2.19. The van der Waals surface area contributed by atoms with Crippen LogP contribution in [0.5, 0.6) is 0 Å². The average Bonchev–Trinajstić information content (AvgIpc) is 2.35. The lowest BCUT2D eigenvalue weighted by Gasteiger charge is -2.08. The Bertz CT molecular complexity index is 366. The molecule has 0 fully saturated rings. The number of aliphatic carboxylic acids is 4. The van der Waals surface area contributed by atoms with Gasteiger partial charge in [-0.3, -0.25) is 19.2 Å². The number of hydrogen-bond donors (Lipinski definition) is 6. The molecule has 0 aromatic carbocycles. The van der Waals surface area contributed by atoms with Crippen molar-refractivity contribution in [2.24, 2.45) is 17.4 Å². The first-order chi connectivity index (χ1) is 9.48. The molecule has 0 aliphatic carbocycles. The predicted octanol–water partition coefficient (Wildman–Crippen LogP) is -1.23. The second-order valence-corrected chi connectivity index (χ2v) is 4.30. The molecule has 0 aliphatic rings. The Morgan fingerprint density at radius 1 is 0.857 bits per heavy atom. The molecule has 21 heavy (non-hydrogen) atoms. The average molecular weight is 308 g/mol. The van der Waals surface area contributed by atoms with Crippen LogP contribution in [0.3, 0.4) is 0 Å². The molecule has 0 aromatic rings. The van der Waals surface area contributed by atoms with E-state index < -0.39 is 41.9 Å². The van der Waals surface area contributed by atoms with Crippen molar-refractivity contribution in [1.29, 1.82) is 0 Å². The van der Waals surface area contributed by atoms with Gasteiger partial charge in [0.1, 0.15) is 12.1 Å². The van der Waals surface area contributed by atoms with E-state index in [0.29, 0.717) is 0 Å². The van der Waals surface area contributed by atoms with Crippen molar-refractivity contribution in [2.45, 2.75) is 38.3 Å². The lowest BCUT2D eigenvalue weighted by molar-refractivity contribution is -0.143. The van der Waals surface area contributed by atoms with Crippen molar-refractivity contribution in [2.75, 3.05) is 0 Å². The molecule has 0 bridgehead atoms. The molecular formula is C11H20N2O8. The van der Waals surface area contributed by atoms with E-state index in [2.05, 4.69) is 0 Å². The summed E-state index contributed by atoms with van der Waals surface area (Å²) in [6.07, 6.45) is -0.261. The summed E-state index contributed by atoms with van der Waals surface area (Å²) in [5.74, 6) is -5.10. The Kier molecular flexibility index (Phi) is 10.6. The van der Waals surface area contributed by atoms with E-state index >= 15 is 0 Å². The Morgan fingerprint density at radius 2 is 1.29 bits per heavy atom. The molecule has 0 amide bonds. The second-order valence-electron chi connectivity index (χ2n) is 4.30. The summed E-state index contributed by atoms with van der Waals surface area (Å²) in [5, 5.41) is 32.9. The first-order valence-electron chi connectivity index (χ1n) is 5.90. The summed E-state index contributed by atoms with van der Waals surface area (Å²) in [7, 11) is 0. The summed E-state index contributed by atoms with van der Waals surface area (Å²) in [5.41, 5.74) is 10.1. The Morgan fingerprint density at radius 3 is 1.57 bits per heavy atom. The maximum atomic E-state index is 10.2. The summed E-state index contributed by atoms with van der Waals surface area (Å²) >= 11 is 0. The van der Waals surface area contributed by atoms with Gasteiger partial charge in [-0.2, -0.15) is 0 Å². The molecule has 122 valence electrons. The van der Waals surface area contributed by atoms with E-state index in [0.717, 1.165) is 0 Å². The molecule has 0 heterocycles. The lowest BCUT2D eigenvalue weighted by Crippen LogP contribution is -2.33. The Hall–Kier alpha value is -2.20. The smallest absolute Gasteiger partial charge is 0.320 e. The first-order valence-corrected chi connectivity index (χ1v) is 5.90. The van der Waals surface area contributed by atoms with E-state index in [4.69, 9.17) is 31.9 Å². The highest BCUT2D eigenvalue weighted by molar-refractivity contribution is 5.75. The van der Waals surface area contributed by atoms with Crippen molar-refractivity contribution in [3.63, 3.8) is 0 Å². The zero-order valence-electron chi connectivity index (χ0n) is 11.4. The molecule has 0 saturated heterocycles. The summed E-state index contributed by atoms with van der Waals surface area (Å²) in [6, 6.07) is -2.14. The van der Waals surface area contributed by atoms with Gasteiger partial charge < -0.3 is 31.9 Å². The zero-order chi connectivity index (χ0) is 17.2. The van der Waals surface area contributed by atoms with Gasteiger partial charge >= 0.3 is 23.9 Å². The number of rotatable bonds is 8. The predicted molar refractivity (Wildman–Crippen MR) is 69.5 cm³/mol. The van der Waals surface area contributed by atoms with Crippen molar-refractivity contribution >= 4 is 23.9 Å². The van der Waals surface area contributed by atoms with Crippen LogP contribution < -0.4 is 11.5 Å². The third-order valence-electron chi connectivity index (χ3n) is 2.33. The third kappa shape index (κ3) is 12.6. The van der Waals surface area contributed by atoms with E-state index in [1.165, 1.54) is 6.92 Å². The fraction of sp³-hybridized carbons (Fsp3) is 0.636. The number of carboxylic acids is 4. The van der Waals surface area contributed by atoms with Gasteiger partial charge in [0, 0.05) is 6.42 Å². The molecule has 0 saturated carbocycles. The fourth-order valence-electron chi connectivity index (χ4n) is 0.985. The molecule has 1 unspecified atom stereocenters. The van der Waals surface area contributed by atoms with Crippen molar-refractivity contribution in [1.82, 2.24) is 0 Å². The van der Waals surface area contributed by atoms with Gasteiger partial charge in [-0.25, -0.2) is 0 Å². The minimum absolute atomic E-state index is 0.0231. The van der Waals surface area contributed by atoms with Crippen molar-refractivity contribution in [3.8, 4) is 0 Å². The van der Waals surface area contributed by atoms with Gasteiger partial charge in [-0.15, -0.1) is 0 Å². The highest BCUT2D eigenvalue weighted by atomic mass is 16.4. The topological polar surface area (TPSA) is 201 Å². The minimum Gasteiger partial charge on any atom is -0.481 e. The monoisotopic (exact) mass is 308 g/mol. The Labute approximate surface area is 120 Å². The van der Waals surface area contributed by atoms with Gasteiger partial charge in [0.15, 0.2) is 0 Å². The SMILES string of the molecule is CC(C[C@H](N)C(=O)O)C(=O)O.N[C@@H](CCC(=O)O)C(=O)O. The normalized spacial score (nSPS) is 14.0. The zero-order valence-corrected chi connectivity index (χ0v) is 11.4. The van der Waals surface area contributed by atoms with Gasteiger partial charge in [0.05, 0.1) is 5.92 Å². The van der Waals surface area contributed by atoms with Gasteiger partial charge in [0.25, 0.3) is 0 Å². The summed E-state index contributed by atoms with van der Waals surface area (Å²) in [4.78, 5) is 40.2. The molecule has 3 atom stereocenters. The van der Waals surface area contributed by atoms with E-state index in [-0.39, 0.29) is 19.3 Å². The van der Waals surface area contributed by atoms with Crippen LogP contribution >= 0.6 is 0 Å². The van der Waals surface area contributed by atoms with Crippen LogP contribution in [0.25, 0.3) is 0 Å². The maximum Gasteiger partial charge on any atom is 0.320 e. The molecular weight excluding hydrogens is 288 g/mol. The molecule has 0 radical (unpaired) electrons. The van der Waals surface area contributed by atoms with Crippen LogP contribution in [-0.4, -0.2) is 56.4 Å². The summed E-state index contributed by atoms with van der Waals surface area (Å²) in [6.45, 7) is 1.42. The molecule has 0 aliphatic heterocycles. The first kappa shape index (κ1) is 21.1.